The lowest BCUT2D eigenvalue weighted by Gasteiger charge is -2.26. The van der Waals surface area contributed by atoms with E-state index in [1.807, 2.05) is 103 Å². The zero-order valence-corrected chi connectivity index (χ0v) is 34.9. The van der Waals surface area contributed by atoms with Crippen LogP contribution in [0.15, 0.2) is 217 Å². The van der Waals surface area contributed by atoms with Crippen LogP contribution >= 0.6 is 11.8 Å². The molecule has 4 nitrogen and oxygen atoms in total. The van der Waals surface area contributed by atoms with Gasteiger partial charge in [-0.05, 0) is 82.0 Å². The number of hydrogen-bond acceptors (Lipinski definition) is 4. The Labute approximate surface area is 367 Å². The van der Waals surface area contributed by atoms with Gasteiger partial charge in [-0.3, -0.25) is 0 Å². The van der Waals surface area contributed by atoms with Gasteiger partial charge in [-0.25, -0.2) is 9.98 Å². The number of nitrogens with zero attached hydrogens (tertiary/aromatic N) is 3. The van der Waals surface area contributed by atoms with Crippen LogP contribution in [0.2, 0.25) is 0 Å². The van der Waals surface area contributed by atoms with Crippen LogP contribution in [-0.2, 0) is 6.42 Å². The molecule has 2 aliphatic heterocycles. The minimum absolute atomic E-state index is 0.305. The number of aliphatic imine (C=N–C) groups is 2. The Balaban J connectivity index is 1.19. The first kappa shape index (κ1) is 38.5. The Morgan fingerprint density at radius 2 is 1.56 bits per heavy atom. The minimum atomic E-state index is -0.374. The maximum Gasteiger partial charge on any atom is 0.152 e. The highest BCUT2D eigenvalue weighted by atomic mass is 32.2. The van der Waals surface area contributed by atoms with Crippen LogP contribution in [0.4, 0.5) is 0 Å². The molecule has 0 fully saturated rings. The molecule has 2 unspecified atom stereocenters. The van der Waals surface area contributed by atoms with Gasteiger partial charge in [-0.15, -0.1) is 11.8 Å². The molecule has 296 valence electrons. The molecule has 3 heterocycles. The first-order valence-electron chi connectivity index (χ1n) is 20.8. The lowest BCUT2D eigenvalue weighted by atomic mass is 9.90. The van der Waals surface area contributed by atoms with E-state index in [9.17, 15) is 0 Å². The highest BCUT2D eigenvalue weighted by Crippen LogP contribution is 2.52. The van der Waals surface area contributed by atoms with Gasteiger partial charge in [0.25, 0.3) is 0 Å². The van der Waals surface area contributed by atoms with Crippen molar-refractivity contribution < 1.29 is 0 Å². The molecule has 3 aliphatic rings. The Morgan fingerprint density at radius 3 is 2.35 bits per heavy atom. The standard InChI is InChI=1S/C57H42N4S/c1-4-21-39(6-3)46-34-43(57-59-54(58-56(60-57)42-26-14-9-15-27-42)33-20-28-38(5-2)40-22-10-7-11-23-40)35-47(41-24-12-8-13-25-41)55(46)61-50-31-18-16-29-44(50)48-36-49-45-30-17-19-32-52(45)62-53(49)37-51(48)61/h4-12,14-24,26-36,53,56H,1-3,37H2,(H,58,59,60)/b33-20+,38-28+,39-21+. The third-order valence-electron chi connectivity index (χ3n) is 11.6. The van der Waals surface area contributed by atoms with E-state index in [2.05, 4.69) is 139 Å². The fraction of sp³-hybridized carbons (Fsp3) is 0.0526. The quantitative estimate of drug-likeness (QED) is 0.132. The molecule has 1 aromatic heterocycles. The summed E-state index contributed by atoms with van der Waals surface area (Å²) in [7, 11) is 0. The van der Waals surface area contributed by atoms with Gasteiger partial charge >= 0.3 is 0 Å². The van der Waals surface area contributed by atoms with Gasteiger partial charge in [0.05, 0.1) is 11.2 Å². The Hall–Kier alpha value is -7.65. The number of hydrogen-bond donors (Lipinski definition) is 1. The van der Waals surface area contributed by atoms with Crippen molar-refractivity contribution in [1.82, 2.24) is 9.88 Å². The summed E-state index contributed by atoms with van der Waals surface area (Å²) in [5.41, 5.74) is 15.3. The molecule has 0 bridgehead atoms. The SMILES string of the molecule is C=C/C=C(\C=C)c1cc(C2=NC(/C=C/C=C(\C=C)c3ccccc3)=NC(c3ccccc3)N2)cc(-c2c#cccc2)c1-n1c2c(c3ccccc31)C=C1c3ccccc3SC1C2. The zero-order valence-electron chi connectivity index (χ0n) is 34.1. The van der Waals surface area contributed by atoms with Crippen LogP contribution in [0, 0.1) is 12.1 Å². The topological polar surface area (TPSA) is 41.7 Å². The van der Waals surface area contributed by atoms with Gasteiger partial charge in [0, 0.05) is 55.5 Å². The summed E-state index contributed by atoms with van der Waals surface area (Å²) in [6.07, 6.45) is 16.6. The molecule has 1 N–H and O–H groups in total. The van der Waals surface area contributed by atoms with E-state index in [1.54, 1.807) is 0 Å². The summed E-state index contributed by atoms with van der Waals surface area (Å²) < 4.78 is 2.49. The molecule has 2 atom stereocenters. The van der Waals surface area contributed by atoms with Crippen molar-refractivity contribution in [3.05, 3.63) is 253 Å². The molecule has 0 radical (unpaired) electrons. The van der Waals surface area contributed by atoms with Gasteiger partial charge in [0.2, 0.25) is 0 Å². The zero-order chi connectivity index (χ0) is 42.0. The molecule has 10 rings (SSSR count). The number of allylic oxidation sites excluding steroid dienone is 8. The van der Waals surface area contributed by atoms with Crippen LogP contribution < -0.4 is 5.32 Å². The third-order valence-corrected chi connectivity index (χ3v) is 12.9. The maximum atomic E-state index is 5.21. The van der Waals surface area contributed by atoms with Gasteiger partial charge in [-0.2, -0.15) is 0 Å². The van der Waals surface area contributed by atoms with E-state index in [-0.39, 0.29) is 6.17 Å². The second kappa shape index (κ2) is 16.8. The number of rotatable bonds is 11. The normalized spacial score (nSPS) is 16.9. The molecule has 0 saturated heterocycles. The van der Waals surface area contributed by atoms with Gasteiger partial charge in [-0.1, -0.05) is 171 Å². The van der Waals surface area contributed by atoms with Crippen molar-refractivity contribution in [1.29, 1.82) is 0 Å². The summed E-state index contributed by atoms with van der Waals surface area (Å²) >= 11 is 1.97. The third kappa shape index (κ3) is 7.11. The molecule has 1 aliphatic carbocycles. The molecule has 0 spiro atoms. The second-order valence-corrected chi connectivity index (χ2v) is 16.5. The number of benzene rings is 5. The van der Waals surface area contributed by atoms with Crippen molar-refractivity contribution in [3.63, 3.8) is 0 Å². The van der Waals surface area contributed by atoms with E-state index in [4.69, 9.17) is 9.98 Å². The lowest BCUT2D eigenvalue weighted by molar-refractivity contribution is 0.675. The number of aromatic nitrogens is 1. The summed E-state index contributed by atoms with van der Waals surface area (Å²) in [5.74, 6) is 1.30. The molecule has 7 aromatic rings. The van der Waals surface area contributed by atoms with Crippen molar-refractivity contribution in [2.45, 2.75) is 22.7 Å². The lowest BCUT2D eigenvalue weighted by Crippen LogP contribution is -2.33. The number of nitrogens with one attached hydrogen (secondary N) is 1. The summed E-state index contributed by atoms with van der Waals surface area (Å²) in [4.78, 5) is 11.7. The van der Waals surface area contributed by atoms with Crippen LogP contribution in [-0.4, -0.2) is 21.5 Å². The molecule has 6 aromatic carbocycles. The first-order valence-corrected chi connectivity index (χ1v) is 21.7. The maximum absolute atomic E-state index is 5.21. The first-order chi connectivity index (χ1) is 30.6. The second-order valence-electron chi connectivity index (χ2n) is 15.3. The van der Waals surface area contributed by atoms with Crippen molar-refractivity contribution in [2.75, 3.05) is 0 Å². The summed E-state index contributed by atoms with van der Waals surface area (Å²) in [6, 6.07) is 55.4. The molecular formula is C57H42N4S. The number of thioether (sulfide) groups is 1. The predicted octanol–water partition coefficient (Wildman–Crippen LogP) is 13.5. The Bertz CT molecular complexity index is 3090. The van der Waals surface area contributed by atoms with E-state index < -0.39 is 0 Å². The van der Waals surface area contributed by atoms with Crippen LogP contribution in [0.25, 0.3) is 50.5 Å². The fourth-order valence-corrected chi connectivity index (χ4v) is 10.1. The van der Waals surface area contributed by atoms with Crippen LogP contribution in [0.1, 0.15) is 45.2 Å². The van der Waals surface area contributed by atoms with Crippen molar-refractivity contribution in [2.24, 2.45) is 9.98 Å². The smallest absolute Gasteiger partial charge is 0.152 e. The Morgan fingerprint density at radius 1 is 0.790 bits per heavy atom. The Kier molecular flexibility index (Phi) is 10.4. The van der Waals surface area contributed by atoms with E-state index in [0.717, 1.165) is 62.2 Å². The fourth-order valence-electron chi connectivity index (χ4n) is 8.77. The van der Waals surface area contributed by atoms with Crippen LogP contribution in [0.3, 0.4) is 0 Å². The molecule has 0 amide bonds. The summed E-state index contributed by atoms with van der Waals surface area (Å²) in [6.45, 7) is 12.5. The minimum Gasteiger partial charge on any atom is -0.344 e. The largest absolute Gasteiger partial charge is 0.344 e. The van der Waals surface area contributed by atoms with Crippen LogP contribution in [0.5, 0.6) is 0 Å². The highest BCUT2D eigenvalue weighted by Gasteiger charge is 2.35. The predicted molar refractivity (Wildman–Crippen MR) is 262 cm³/mol. The average Bonchev–Trinajstić information content (AvgIpc) is 3.86. The van der Waals surface area contributed by atoms with Gasteiger partial charge < -0.3 is 9.88 Å². The monoisotopic (exact) mass is 814 g/mol. The number of amidine groups is 2. The van der Waals surface area contributed by atoms with E-state index in [0.29, 0.717) is 16.9 Å². The molecule has 5 heteroatoms. The van der Waals surface area contributed by atoms with Gasteiger partial charge in [0.1, 0.15) is 12.0 Å². The number of fused-ring (bicyclic) bond motifs is 6. The summed E-state index contributed by atoms with van der Waals surface area (Å²) in [5, 5.41) is 5.24. The average molecular weight is 815 g/mol. The molecule has 62 heavy (non-hydrogen) atoms. The highest BCUT2D eigenvalue weighted by molar-refractivity contribution is 8.00. The van der Waals surface area contributed by atoms with Gasteiger partial charge in [0.15, 0.2) is 5.84 Å². The molecule has 0 saturated carbocycles. The van der Waals surface area contributed by atoms with Crippen molar-refractivity contribution in [3.8, 4) is 16.8 Å². The van der Waals surface area contributed by atoms with E-state index in [1.165, 1.54) is 32.7 Å². The number of para-hydroxylation sites is 1. The van der Waals surface area contributed by atoms with Crippen molar-refractivity contribution >= 4 is 57.1 Å². The van der Waals surface area contributed by atoms with E-state index >= 15 is 0 Å². The molecular weight excluding hydrogens is 773 g/mol.